The highest BCUT2D eigenvalue weighted by Crippen LogP contribution is 2.26. The van der Waals surface area contributed by atoms with E-state index < -0.39 is 40.3 Å². The summed E-state index contributed by atoms with van der Waals surface area (Å²) >= 11 is 0. The molecule has 136 valence electrons. The van der Waals surface area contributed by atoms with Crippen LogP contribution in [0, 0.1) is 17.5 Å². The van der Waals surface area contributed by atoms with Crippen LogP contribution in [0.3, 0.4) is 0 Å². The van der Waals surface area contributed by atoms with Crippen molar-refractivity contribution in [3.63, 3.8) is 0 Å². The molecule has 2 aromatic carbocycles. The number of benzene rings is 2. The van der Waals surface area contributed by atoms with Crippen molar-refractivity contribution in [2.75, 3.05) is 6.61 Å². The number of ether oxygens (including phenoxy) is 1. The van der Waals surface area contributed by atoms with E-state index in [9.17, 15) is 28.2 Å². The molecule has 0 saturated heterocycles. The number of hydrogen-bond donors (Lipinski definition) is 2. The lowest BCUT2D eigenvalue weighted by Crippen LogP contribution is -2.12. The molecule has 0 radical (unpaired) electrons. The number of halogens is 3. The fourth-order valence-corrected chi connectivity index (χ4v) is 2.00. The van der Waals surface area contributed by atoms with E-state index in [1.807, 2.05) is 0 Å². The second-order valence-electron chi connectivity index (χ2n) is 4.98. The first kappa shape index (κ1) is 19.0. The Hall–Kier alpha value is -3.29. The van der Waals surface area contributed by atoms with Crippen LogP contribution in [-0.4, -0.2) is 29.0 Å². The SMILES string of the molecule is CCOC(=O)/C(C=Nc1ccccc1O)=C(\O)c1cc(F)cc(F)c1F. The summed E-state index contributed by atoms with van der Waals surface area (Å²) in [6, 6.07) is 6.67. The zero-order chi connectivity index (χ0) is 19.3. The van der Waals surface area contributed by atoms with Crippen LogP contribution in [0.15, 0.2) is 47.0 Å². The molecule has 0 aromatic heterocycles. The summed E-state index contributed by atoms with van der Waals surface area (Å²) in [6.45, 7) is 1.43. The van der Waals surface area contributed by atoms with Crippen molar-refractivity contribution >= 4 is 23.6 Å². The first-order valence-electron chi connectivity index (χ1n) is 7.42. The van der Waals surface area contributed by atoms with Gasteiger partial charge in [0.05, 0.1) is 12.2 Å². The van der Waals surface area contributed by atoms with E-state index in [1.54, 1.807) is 12.1 Å². The lowest BCUT2D eigenvalue weighted by Gasteiger charge is -2.08. The molecule has 0 bridgehead atoms. The zero-order valence-electron chi connectivity index (χ0n) is 13.5. The lowest BCUT2D eigenvalue weighted by atomic mass is 10.1. The number of carbonyl (C=O) groups is 1. The summed E-state index contributed by atoms with van der Waals surface area (Å²) in [5, 5.41) is 19.9. The topological polar surface area (TPSA) is 79.1 Å². The summed E-state index contributed by atoms with van der Waals surface area (Å²) in [4.78, 5) is 15.9. The zero-order valence-corrected chi connectivity index (χ0v) is 13.5. The van der Waals surface area contributed by atoms with E-state index >= 15 is 0 Å². The number of aliphatic imine (C=N–C) groups is 1. The molecule has 0 aliphatic heterocycles. The third-order valence-corrected chi connectivity index (χ3v) is 3.21. The molecule has 0 fully saturated rings. The lowest BCUT2D eigenvalue weighted by molar-refractivity contribution is -0.137. The molecule has 0 spiro atoms. The van der Waals surface area contributed by atoms with Crippen molar-refractivity contribution in [2.24, 2.45) is 4.99 Å². The minimum Gasteiger partial charge on any atom is -0.506 e. The Kier molecular flexibility index (Phi) is 6.00. The highest BCUT2D eigenvalue weighted by molar-refractivity contribution is 6.15. The van der Waals surface area contributed by atoms with Gasteiger partial charge in [-0.05, 0) is 25.1 Å². The maximum absolute atomic E-state index is 13.9. The van der Waals surface area contributed by atoms with Crippen molar-refractivity contribution in [3.05, 3.63) is 65.0 Å². The number of carbonyl (C=O) groups excluding carboxylic acids is 1. The second kappa shape index (κ2) is 8.19. The van der Waals surface area contributed by atoms with Gasteiger partial charge < -0.3 is 14.9 Å². The van der Waals surface area contributed by atoms with Crippen LogP contribution < -0.4 is 0 Å². The van der Waals surface area contributed by atoms with Crippen LogP contribution in [0.1, 0.15) is 12.5 Å². The van der Waals surface area contributed by atoms with Crippen LogP contribution in [0.5, 0.6) is 5.75 Å². The predicted octanol–water partition coefficient (Wildman–Crippen LogP) is 4.04. The Morgan fingerprint density at radius 3 is 2.58 bits per heavy atom. The summed E-state index contributed by atoms with van der Waals surface area (Å²) in [5.41, 5.74) is -1.46. The summed E-state index contributed by atoms with van der Waals surface area (Å²) in [6.07, 6.45) is 0.810. The third kappa shape index (κ3) is 4.21. The van der Waals surface area contributed by atoms with Gasteiger partial charge in [0.2, 0.25) is 0 Å². The minimum atomic E-state index is -1.54. The maximum atomic E-state index is 13.9. The van der Waals surface area contributed by atoms with Crippen molar-refractivity contribution < 1.29 is 32.9 Å². The molecule has 0 aliphatic rings. The monoisotopic (exact) mass is 365 g/mol. The molecule has 0 atom stereocenters. The van der Waals surface area contributed by atoms with Gasteiger partial charge in [0.25, 0.3) is 0 Å². The molecule has 0 amide bonds. The number of phenols is 1. The normalized spacial score (nSPS) is 12.2. The molecular weight excluding hydrogens is 351 g/mol. The average molecular weight is 365 g/mol. The third-order valence-electron chi connectivity index (χ3n) is 3.21. The van der Waals surface area contributed by atoms with E-state index in [-0.39, 0.29) is 18.0 Å². The van der Waals surface area contributed by atoms with E-state index in [1.165, 1.54) is 19.1 Å². The summed E-state index contributed by atoms with van der Waals surface area (Å²) < 4.78 is 45.4. The number of phenolic OH excluding ortho intramolecular Hbond substituents is 1. The first-order valence-corrected chi connectivity index (χ1v) is 7.42. The Morgan fingerprint density at radius 1 is 1.23 bits per heavy atom. The number of esters is 1. The van der Waals surface area contributed by atoms with Gasteiger partial charge in [-0.25, -0.2) is 18.0 Å². The molecule has 8 heteroatoms. The Labute approximate surface area is 146 Å². The Morgan fingerprint density at radius 2 is 1.92 bits per heavy atom. The molecule has 26 heavy (non-hydrogen) atoms. The van der Waals surface area contributed by atoms with E-state index in [4.69, 9.17) is 4.74 Å². The molecule has 5 nitrogen and oxygen atoms in total. The van der Waals surface area contributed by atoms with Gasteiger partial charge in [-0.2, -0.15) is 0 Å². The molecule has 0 aliphatic carbocycles. The van der Waals surface area contributed by atoms with Crippen LogP contribution in [0.25, 0.3) is 5.76 Å². The highest BCUT2D eigenvalue weighted by Gasteiger charge is 2.21. The van der Waals surface area contributed by atoms with Crippen LogP contribution in [-0.2, 0) is 9.53 Å². The summed E-state index contributed by atoms with van der Waals surface area (Å²) in [5.74, 6) is -6.58. The molecular formula is C18H14F3NO4. The molecule has 0 unspecified atom stereocenters. The molecule has 2 rings (SSSR count). The van der Waals surface area contributed by atoms with E-state index in [2.05, 4.69) is 4.99 Å². The van der Waals surface area contributed by atoms with Crippen LogP contribution in [0.2, 0.25) is 0 Å². The van der Waals surface area contributed by atoms with Gasteiger partial charge in [-0.3, -0.25) is 4.99 Å². The first-order chi connectivity index (χ1) is 12.3. The molecule has 2 aromatic rings. The Balaban J connectivity index is 2.59. The van der Waals surface area contributed by atoms with Crippen molar-refractivity contribution in [1.29, 1.82) is 0 Å². The molecule has 0 saturated carbocycles. The highest BCUT2D eigenvalue weighted by atomic mass is 19.2. The standard InChI is InChI=1S/C18H14F3NO4/c1-2-26-18(25)12(9-22-14-5-3-4-6-15(14)23)17(24)11-7-10(19)8-13(20)16(11)21/h3-9,23-24H,2H2,1H3/b17-12-,22-9?. The number of aliphatic hydroxyl groups excluding tert-OH is 1. The van der Waals surface area contributed by atoms with Gasteiger partial charge in [-0.1, -0.05) is 12.1 Å². The molecule has 2 N–H and O–H groups in total. The van der Waals surface area contributed by atoms with Crippen LogP contribution >= 0.6 is 0 Å². The fourth-order valence-electron chi connectivity index (χ4n) is 2.00. The number of aliphatic hydroxyl groups is 1. The van der Waals surface area contributed by atoms with Crippen molar-refractivity contribution in [2.45, 2.75) is 6.92 Å². The number of rotatable bonds is 5. The number of para-hydroxylation sites is 2. The maximum Gasteiger partial charge on any atom is 0.343 e. The largest absolute Gasteiger partial charge is 0.506 e. The Bertz CT molecular complexity index is 894. The van der Waals surface area contributed by atoms with Gasteiger partial charge in [0, 0.05) is 12.3 Å². The van der Waals surface area contributed by atoms with E-state index in [0.717, 1.165) is 6.21 Å². The fraction of sp³-hybridized carbons (Fsp3) is 0.111. The summed E-state index contributed by atoms with van der Waals surface area (Å²) in [7, 11) is 0. The van der Waals surface area contributed by atoms with Gasteiger partial charge in [-0.15, -0.1) is 0 Å². The van der Waals surface area contributed by atoms with Crippen LogP contribution in [0.4, 0.5) is 18.9 Å². The van der Waals surface area contributed by atoms with Crippen molar-refractivity contribution in [3.8, 4) is 5.75 Å². The smallest absolute Gasteiger partial charge is 0.343 e. The minimum absolute atomic E-state index is 0.0491. The molecule has 0 heterocycles. The quantitative estimate of drug-likeness (QED) is 0.276. The number of aromatic hydroxyl groups is 1. The number of nitrogens with zero attached hydrogens (tertiary/aromatic N) is 1. The van der Waals surface area contributed by atoms with E-state index in [0.29, 0.717) is 12.1 Å². The second-order valence-corrected chi connectivity index (χ2v) is 4.98. The van der Waals surface area contributed by atoms with Crippen molar-refractivity contribution in [1.82, 2.24) is 0 Å². The number of hydrogen-bond acceptors (Lipinski definition) is 5. The van der Waals surface area contributed by atoms with Gasteiger partial charge in [0.1, 0.15) is 28.6 Å². The van der Waals surface area contributed by atoms with Gasteiger partial charge >= 0.3 is 5.97 Å². The van der Waals surface area contributed by atoms with Gasteiger partial charge in [0.15, 0.2) is 11.6 Å². The average Bonchev–Trinajstić information content (AvgIpc) is 2.59. The predicted molar refractivity (Wildman–Crippen MR) is 88.8 cm³/mol.